The topological polar surface area (TPSA) is 50.8 Å². The molecule has 0 aliphatic carbocycles. The standard InChI is InChI=1S/C9H19N3OS.HI/c1-14-8-2-3-11-9(10)12-4-6-13-7-5-12;/h2-8H2,1H3,(H2,10,11);1H. The lowest BCUT2D eigenvalue weighted by atomic mass is 10.4. The molecular weight excluding hydrogens is 325 g/mol. The summed E-state index contributed by atoms with van der Waals surface area (Å²) in [7, 11) is 0. The molecule has 1 aliphatic rings. The lowest BCUT2D eigenvalue weighted by molar-refractivity contribution is 0.0674. The van der Waals surface area contributed by atoms with Gasteiger partial charge in [-0.3, -0.25) is 4.99 Å². The molecule has 0 atom stereocenters. The van der Waals surface area contributed by atoms with Crippen molar-refractivity contribution in [2.45, 2.75) is 6.42 Å². The van der Waals surface area contributed by atoms with Crippen LogP contribution in [0.4, 0.5) is 0 Å². The third-order valence-electron chi connectivity index (χ3n) is 2.12. The third-order valence-corrected chi connectivity index (χ3v) is 2.81. The second kappa shape index (κ2) is 9.53. The Morgan fingerprint density at radius 3 is 2.73 bits per heavy atom. The molecule has 0 aromatic rings. The summed E-state index contributed by atoms with van der Waals surface area (Å²) in [5, 5.41) is 0. The lowest BCUT2D eigenvalue weighted by Crippen LogP contribution is -2.44. The molecule has 0 unspecified atom stereocenters. The van der Waals surface area contributed by atoms with Crippen LogP contribution < -0.4 is 5.73 Å². The maximum atomic E-state index is 5.84. The Morgan fingerprint density at radius 1 is 1.47 bits per heavy atom. The molecule has 0 aromatic heterocycles. The van der Waals surface area contributed by atoms with Gasteiger partial charge in [0.1, 0.15) is 0 Å². The molecule has 1 heterocycles. The van der Waals surface area contributed by atoms with Gasteiger partial charge in [0.15, 0.2) is 5.96 Å². The summed E-state index contributed by atoms with van der Waals surface area (Å²) in [6.45, 7) is 4.11. The van der Waals surface area contributed by atoms with Crippen molar-refractivity contribution >= 4 is 41.7 Å². The molecular formula is C9H20IN3OS. The number of ether oxygens (including phenoxy) is 1. The third kappa shape index (κ3) is 6.47. The Kier molecular flexibility index (Phi) is 9.73. The fourth-order valence-electron chi connectivity index (χ4n) is 1.29. The number of halogens is 1. The van der Waals surface area contributed by atoms with Crippen molar-refractivity contribution in [3.8, 4) is 0 Å². The Hall–Kier alpha value is 0.310. The van der Waals surface area contributed by atoms with Crippen molar-refractivity contribution in [3.63, 3.8) is 0 Å². The number of morpholine rings is 1. The number of nitrogens with zero attached hydrogens (tertiary/aromatic N) is 2. The largest absolute Gasteiger partial charge is 0.378 e. The molecule has 15 heavy (non-hydrogen) atoms. The van der Waals surface area contributed by atoms with Crippen molar-refractivity contribution < 1.29 is 4.74 Å². The van der Waals surface area contributed by atoms with Gasteiger partial charge in [-0.1, -0.05) is 0 Å². The monoisotopic (exact) mass is 345 g/mol. The number of thioether (sulfide) groups is 1. The Morgan fingerprint density at radius 2 is 2.13 bits per heavy atom. The van der Waals surface area contributed by atoms with Gasteiger partial charge in [-0.15, -0.1) is 24.0 Å². The lowest BCUT2D eigenvalue weighted by Gasteiger charge is -2.27. The average molecular weight is 345 g/mol. The predicted molar refractivity (Wildman–Crippen MR) is 77.3 cm³/mol. The molecule has 1 fully saturated rings. The molecule has 1 aliphatic heterocycles. The molecule has 4 nitrogen and oxygen atoms in total. The first kappa shape index (κ1) is 15.3. The summed E-state index contributed by atoms with van der Waals surface area (Å²) >= 11 is 1.85. The van der Waals surface area contributed by atoms with Crippen LogP contribution in [0.1, 0.15) is 6.42 Å². The van der Waals surface area contributed by atoms with Crippen LogP contribution in [0.25, 0.3) is 0 Å². The number of guanidine groups is 1. The van der Waals surface area contributed by atoms with Crippen LogP contribution in [-0.2, 0) is 4.74 Å². The molecule has 0 amide bonds. The van der Waals surface area contributed by atoms with E-state index < -0.39 is 0 Å². The van der Waals surface area contributed by atoms with E-state index in [1.54, 1.807) is 0 Å². The summed E-state index contributed by atoms with van der Waals surface area (Å²) in [5.74, 6) is 1.83. The number of hydrogen-bond acceptors (Lipinski definition) is 3. The molecule has 2 N–H and O–H groups in total. The van der Waals surface area contributed by atoms with Gasteiger partial charge in [-0.2, -0.15) is 11.8 Å². The molecule has 0 spiro atoms. The number of rotatable bonds is 4. The molecule has 1 rings (SSSR count). The second-order valence-electron chi connectivity index (χ2n) is 3.19. The molecule has 90 valence electrons. The number of hydrogen-bond donors (Lipinski definition) is 1. The SMILES string of the molecule is CSCCCN=C(N)N1CCOCC1.I. The Bertz CT molecular complexity index is 186. The van der Waals surface area contributed by atoms with E-state index in [9.17, 15) is 0 Å². The highest BCUT2D eigenvalue weighted by Gasteiger charge is 2.11. The Balaban J connectivity index is 0.00000196. The van der Waals surface area contributed by atoms with Crippen molar-refractivity contribution in [2.75, 3.05) is 44.9 Å². The number of aliphatic imine (C=N–C) groups is 1. The first-order valence-corrected chi connectivity index (χ1v) is 6.35. The molecule has 0 aromatic carbocycles. The smallest absolute Gasteiger partial charge is 0.191 e. The van der Waals surface area contributed by atoms with Crippen LogP contribution in [0.15, 0.2) is 4.99 Å². The van der Waals surface area contributed by atoms with Crippen LogP contribution in [0.2, 0.25) is 0 Å². The van der Waals surface area contributed by atoms with Crippen molar-refractivity contribution in [3.05, 3.63) is 0 Å². The summed E-state index contributed by atoms with van der Waals surface area (Å²) in [6.07, 6.45) is 3.21. The molecule has 0 bridgehead atoms. The van der Waals surface area contributed by atoms with Crippen LogP contribution in [-0.4, -0.2) is 55.7 Å². The van der Waals surface area contributed by atoms with Gasteiger partial charge < -0.3 is 15.4 Å². The minimum absolute atomic E-state index is 0. The first-order chi connectivity index (χ1) is 6.84. The van der Waals surface area contributed by atoms with E-state index in [1.807, 2.05) is 11.8 Å². The van der Waals surface area contributed by atoms with E-state index >= 15 is 0 Å². The van der Waals surface area contributed by atoms with Crippen molar-refractivity contribution in [2.24, 2.45) is 10.7 Å². The highest BCUT2D eigenvalue weighted by molar-refractivity contribution is 14.0. The molecule has 0 saturated carbocycles. The van der Waals surface area contributed by atoms with Crippen molar-refractivity contribution in [1.82, 2.24) is 4.90 Å². The zero-order valence-electron chi connectivity index (χ0n) is 9.15. The summed E-state index contributed by atoms with van der Waals surface area (Å²) in [6, 6.07) is 0. The summed E-state index contributed by atoms with van der Waals surface area (Å²) in [5.41, 5.74) is 5.84. The van der Waals surface area contributed by atoms with E-state index in [2.05, 4.69) is 16.1 Å². The van der Waals surface area contributed by atoms with E-state index in [0.29, 0.717) is 5.96 Å². The minimum atomic E-state index is 0. The van der Waals surface area contributed by atoms with E-state index in [1.165, 1.54) is 0 Å². The average Bonchev–Trinajstić information content (AvgIpc) is 2.25. The Labute approximate surface area is 113 Å². The van der Waals surface area contributed by atoms with Crippen LogP contribution in [0, 0.1) is 0 Å². The molecule has 6 heteroatoms. The van der Waals surface area contributed by atoms with Crippen molar-refractivity contribution in [1.29, 1.82) is 0 Å². The van der Waals surface area contributed by atoms with Gasteiger partial charge >= 0.3 is 0 Å². The molecule has 0 radical (unpaired) electrons. The van der Waals surface area contributed by atoms with E-state index in [4.69, 9.17) is 10.5 Å². The maximum absolute atomic E-state index is 5.84. The maximum Gasteiger partial charge on any atom is 0.191 e. The summed E-state index contributed by atoms with van der Waals surface area (Å²) < 4.78 is 5.24. The van der Waals surface area contributed by atoms with Gasteiger partial charge in [-0.25, -0.2) is 0 Å². The van der Waals surface area contributed by atoms with E-state index in [-0.39, 0.29) is 24.0 Å². The number of nitrogens with two attached hydrogens (primary N) is 1. The van der Waals surface area contributed by atoms with Gasteiger partial charge in [0, 0.05) is 19.6 Å². The van der Waals surface area contributed by atoms with Crippen LogP contribution >= 0.6 is 35.7 Å². The van der Waals surface area contributed by atoms with Crippen LogP contribution in [0.5, 0.6) is 0 Å². The zero-order valence-corrected chi connectivity index (χ0v) is 12.3. The zero-order chi connectivity index (χ0) is 10.2. The van der Waals surface area contributed by atoms with Gasteiger partial charge in [0.2, 0.25) is 0 Å². The quantitative estimate of drug-likeness (QED) is 0.358. The van der Waals surface area contributed by atoms with Gasteiger partial charge in [0.25, 0.3) is 0 Å². The summed E-state index contributed by atoms with van der Waals surface area (Å²) in [4.78, 5) is 6.42. The van der Waals surface area contributed by atoms with Gasteiger partial charge in [0.05, 0.1) is 13.2 Å². The van der Waals surface area contributed by atoms with Crippen LogP contribution in [0.3, 0.4) is 0 Å². The fraction of sp³-hybridized carbons (Fsp3) is 0.889. The molecule has 1 saturated heterocycles. The van der Waals surface area contributed by atoms with Gasteiger partial charge in [-0.05, 0) is 18.4 Å². The minimum Gasteiger partial charge on any atom is -0.378 e. The predicted octanol–water partition coefficient (Wildman–Crippen LogP) is 1.00. The van der Waals surface area contributed by atoms with E-state index in [0.717, 1.165) is 45.0 Å². The fourth-order valence-corrected chi connectivity index (χ4v) is 1.71. The highest BCUT2D eigenvalue weighted by Crippen LogP contribution is 1.98. The highest BCUT2D eigenvalue weighted by atomic mass is 127. The first-order valence-electron chi connectivity index (χ1n) is 4.96. The second-order valence-corrected chi connectivity index (χ2v) is 4.17. The normalized spacial score (nSPS) is 17.4.